The molecular weight excluding hydrogens is 394 g/mol. The molecule has 2 N–H and O–H groups in total. The summed E-state index contributed by atoms with van der Waals surface area (Å²) in [6.45, 7) is 0. The van der Waals surface area contributed by atoms with Gasteiger partial charge in [-0.05, 0) is 30.3 Å². The van der Waals surface area contributed by atoms with Crippen molar-refractivity contribution in [2.24, 2.45) is 7.05 Å². The zero-order chi connectivity index (χ0) is 17.3. The van der Waals surface area contributed by atoms with Crippen LogP contribution in [0.3, 0.4) is 0 Å². The molecule has 3 aromatic rings. The molecule has 6 nitrogen and oxygen atoms in total. The SMILES string of the molecule is Cn1cc(C(=O)NNS(=O)(=O)c2ccc(Br)cc2)c2ccccc21. The number of benzene rings is 2. The highest BCUT2D eigenvalue weighted by molar-refractivity contribution is 9.10. The topological polar surface area (TPSA) is 80.2 Å². The molecule has 1 aromatic heterocycles. The van der Waals surface area contributed by atoms with Crippen LogP contribution >= 0.6 is 15.9 Å². The van der Waals surface area contributed by atoms with Gasteiger partial charge in [-0.3, -0.25) is 10.2 Å². The van der Waals surface area contributed by atoms with Crippen molar-refractivity contribution in [3.05, 3.63) is 64.8 Å². The quantitative estimate of drug-likeness (QED) is 0.652. The van der Waals surface area contributed by atoms with E-state index in [0.717, 1.165) is 15.4 Å². The Kier molecular flexibility index (Phi) is 4.44. The van der Waals surface area contributed by atoms with Crippen molar-refractivity contribution in [2.75, 3.05) is 0 Å². The number of para-hydroxylation sites is 1. The summed E-state index contributed by atoms with van der Waals surface area (Å²) >= 11 is 3.24. The minimum atomic E-state index is -3.84. The number of amides is 1. The number of rotatable bonds is 4. The third kappa shape index (κ3) is 3.21. The van der Waals surface area contributed by atoms with Crippen molar-refractivity contribution < 1.29 is 13.2 Å². The van der Waals surface area contributed by atoms with E-state index >= 15 is 0 Å². The summed E-state index contributed by atoms with van der Waals surface area (Å²) in [5.41, 5.74) is 3.54. The first-order chi connectivity index (χ1) is 11.4. The fourth-order valence-corrected chi connectivity index (χ4v) is 3.48. The predicted octanol–water partition coefficient (Wildman–Crippen LogP) is 2.56. The van der Waals surface area contributed by atoms with E-state index in [-0.39, 0.29) is 4.90 Å². The van der Waals surface area contributed by atoms with E-state index in [4.69, 9.17) is 0 Å². The normalized spacial score (nSPS) is 11.6. The maximum Gasteiger partial charge on any atom is 0.268 e. The lowest BCUT2D eigenvalue weighted by molar-refractivity contribution is 0.0946. The van der Waals surface area contributed by atoms with Crippen molar-refractivity contribution in [3.63, 3.8) is 0 Å². The number of carbonyl (C=O) groups excluding carboxylic acids is 1. The Labute approximate surface area is 147 Å². The second-order valence-corrected chi connectivity index (χ2v) is 7.78. The summed E-state index contributed by atoms with van der Waals surface area (Å²) in [6.07, 6.45) is 1.66. The number of carbonyl (C=O) groups is 1. The fourth-order valence-electron chi connectivity index (χ4n) is 2.38. The van der Waals surface area contributed by atoms with E-state index in [9.17, 15) is 13.2 Å². The third-order valence-electron chi connectivity index (χ3n) is 3.56. The van der Waals surface area contributed by atoms with E-state index in [1.165, 1.54) is 12.1 Å². The van der Waals surface area contributed by atoms with Gasteiger partial charge in [0.2, 0.25) is 0 Å². The second-order valence-electron chi connectivity index (χ2n) is 5.18. The van der Waals surface area contributed by atoms with Crippen molar-refractivity contribution in [3.8, 4) is 0 Å². The minimum absolute atomic E-state index is 0.0592. The largest absolute Gasteiger partial charge is 0.350 e. The molecule has 2 aromatic carbocycles. The fraction of sp³-hybridized carbons (Fsp3) is 0.0625. The Balaban J connectivity index is 1.81. The molecule has 124 valence electrons. The zero-order valence-corrected chi connectivity index (χ0v) is 15.1. The Morgan fingerprint density at radius 1 is 1.08 bits per heavy atom. The van der Waals surface area contributed by atoms with Gasteiger partial charge in [-0.2, -0.15) is 0 Å². The lowest BCUT2D eigenvalue weighted by Crippen LogP contribution is -2.41. The maximum absolute atomic E-state index is 12.3. The molecule has 0 spiro atoms. The van der Waals surface area contributed by atoms with Gasteiger partial charge in [0.05, 0.1) is 10.5 Å². The summed E-state index contributed by atoms with van der Waals surface area (Å²) < 4.78 is 27.0. The molecule has 0 saturated carbocycles. The molecule has 3 rings (SSSR count). The average molecular weight is 408 g/mol. The lowest BCUT2D eigenvalue weighted by Gasteiger charge is -2.08. The minimum Gasteiger partial charge on any atom is -0.350 e. The Bertz CT molecular complexity index is 1010. The summed E-state index contributed by atoms with van der Waals surface area (Å²) in [5.74, 6) is -0.521. The van der Waals surface area contributed by atoms with Gasteiger partial charge >= 0.3 is 0 Å². The van der Waals surface area contributed by atoms with E-state index in [2.05, 4.69) is 26.2 Å². The van der Waals surface area contributed by atoms with Gasteiger partial charge in [-0.15, -0.1) is 4.83 Å². The second kappa shape index (κ2) is 6.39. The smallest absolute Gasteiger partial charge is 0.268 e. The number of aryl methyl sites for hydroxylation is 1. The van der Waals surface area contributed by atoms with Crippen molar-refractivity contribution >= 4 is 42.8 Å². The van der Waals surface area contributed by atoms with Crippen molar-refractivity contribution in [1.82, 2.24) is 14.8 Å². The van der Waals surface area contributed by atoms with Crippen LogP contribution in [-0.4, -0.2) is 18.9 Å². The Morgan fingerprint density at radius 3 is 2.46 bits per heavy atom. The van der Waals surface area contributed by atoms with Crippen LogP contribution in [0.15, 0.2) is 64.1 Å². The first-order valence-electron chi connectivity index (χ1n) is 7.00. The maximum atomic E-state index is 12.3. The van der Waals surface area contributed by atoms with Crippen LogP contribution in [0.5, 0.6) is 0 Å². The highest BCUT2D eigenvalue weighted by Crippen LogP contribution is 2.20. The summed E-state index contributed by atoms with van der Waals surface area (Å²) in [5, 5.41) is 0.750. The average Bonchev–Trinajstić information content (AvgIpc) is 2.91. The molecule has 0 unspecified atom stereocenters. The number of nitrogens with zero attached hydrogens (tertiary/aromatic N) is 1. The van der Waals surface area contributed by atoms with Crippen LogP contribution in [0.25, 0.3) is 10.9 Å². The summed E-state index contributed by atoms with van der Waals surface area (Å²) in [6, 6.07) is 13.5. The van der Waals surface area contributed by atoms with E-state index in [1.54, 1.807) is 18.3 Å². The van der Waals surface area contributed by atoms with Gasteiger partial charge < -0.3 is 4.57 Å². The Hall–Kier alpha value is -2.16. The highest BCUT2D eigenvalue weighted by Gasteiger charge is 2.18. The molecule has 0 aliphatic carbocycles. The zero-order valence-electron chi connectivity index (χ0n) is 12.7. The van der Waals surface area contributed by atoms with Crippen LogP contribution in [0.2, 0.25) is 0 Å². The van der Waals surface area contributed by atoms with E-state index in [1.807, 2.05) is 35.9 Å². The Morgan fingerprint density at radius 2 is 1.75 bits per heavy atom. The number of hydrogen-bond donors (Lipinski definition) is 2. The van der Waals surface area contributed by atoms with Crippen LogP contribution in [0.4, 0.5) is 0 Å². The summed E-state index contributed by atoms with van der Waals surface area (Å²) in [7, 11) is -2.01. The van der Waals surface area contributed by atoms with Crippen LogP contribution in [-0.2, 0) is 17.1 Å². The van der Waals surface area contributed by atoms with Gasteiger partial charge in [0.25, 0.3) is 15.9 Å². The number of sulfonamides is 1. The molecule has 8 heteroatoms. The monoisotopic (exact) mass is 407 g/mol. The lowest BCUT2D eigenvalue weighted by atomic mass is 10.2. The van der Waals surface area contributed by atoms with Crippen molar-refractivity contribution in [2.45, 2.75) is 4.90 Å². The molecule has 0 aliphatic heterocycles. The number of hydrazine groups is 1. The number of aromatic nitrogens is 1. The number of nitrogens with one attached hydrogen (secondary N) is 2. The predicted molar refractivity (Wildman–Crippen MR) is 94.8 cm³/mol. The van der Waals surface area contributed by atoms with Gasteiger partial charge in [-0.1, -0.05) is 34.1 Å². The number of hydrogen-bond acceptors (Lipinski definition) is 3. The molecule has 0 aliphatic rings. The van der Waals surface area contributed by atoms with Crippen molar-refractivity contribution in [1.29, 1.82) is 0 Å². The third-order valence-corrected chi connectivity index (χ3v) is 5.36. The molecule has 24 heavy (non-hydrogen) atoms. The first-order valence-corrected chi connectivity index (χ1v) is 9.28. The van der Waals surface area contributed by atoms with Gasteiger partial charge in [0.1, 0.15) is 0 Å². The molecule has 0 bridgehead atoms. The van der Waals surface area contributed by atoms with Crippen LogP contribution < -0.4 is 10.3 Å². The molecule has 1 heterocycles. The van der Waals surface area contributed by atoms with Gasteiger partial charge in [0.15, 0.2) is 0 Å². The van der Waals surface area contributed by atoms with Gasteiger partial charge in [-0.25, -0.2) is 8.42 Å². The molecule has 0 saturated heterocycles. The summed E-state index contributed by atoms with van der Waals surface area (Å²) in [4.78, 5) is 14.5. The first kappa shape index (κ1) is 16.7. The molecule has 0 fully saturated rings. The van der Waals surface area contributed by atoms with Gasteiger partial charge in [0, 0.05) is 28.6 Å². The number of fused-ring (bicyclic) bond motifs is 1. The van der Waals surface area contributed by atoms with Crippen LogP contribution in [0.1, 0.15) is 10.4 Å². The molecule has 0 radical (unpaired) electrons. The van der Waals surface area contributed by atoms with Crippen LogP contribution in [0, 0.1) is 0 Å². The highest BCUT2D eigenvalue weighted by atomic mass is 79.9. The molecule has 1 amide bonds. The number of halogens is 1. The van der Waals surface area contributed by atoms with E-state index < -0.39 is 15.9 Å². The molecular formula is C16H14BrN3O3S. The standard InChI is InChI=1S/C16H14BrN3O3S/c1-20-10-14(13-4-2-3-5-15(13)20)16(21)18-19-24(22,23)12-8-6-11(17)7-9-12/h2-10,19H,1H3,(H,18,21). The molecule has 0 atom stereocenters. The van der Waals surface area contributed by atoms with E-state index in [0.29, 0.717) is 5.56 Å².